The zero-order chi connectivity index (χ0) is 17.9. The Hall–Kier alpha value is -3.32. The van der Waals surface area contributed by atoms with Gasteiger partial charge in [0.2, 0.25) is 0 Å². The van der Waals surface area contributed by atoms with Gasteiger partial charge in [-0.15, -0.1) is 0 Å². The summed E-state index contributed by atoms with van der Waals surface area (Å²) in [7, 11) is 0. The second-order valence-corrected chi connectivity index (χ2v) is 5.93. The van der Waals surface area contributed by atoms with E-state index in [2.05, 4.69) is 25.7 Å². The molecule has 0 spiro atoms. The minimum atomic E-state index is -0.274. The molecule has 0 aliphatic heterocycles. The van der Waals surface area contributed by atoms with E-state index in [-0.39, 0.29) is 11.4 Å². The Morgan fingerprint density at radius 1 is 0.962 bits per heavy atom. The van der Waals surface area contributed by atoms with Crippen molar-refractivity contribution in [2.75, 3.05) is 0 Å². The average Bonchev–Trinajstić information content (AvgIpc) is 3.13. The lowest BCUT2D eigenvalue weighted by atomic mass is 10.1. The Labute approximate surface area is 148 Å². The van der Waals surface area contributed by atoms with Gasteiger partial charge in [0.25, 0.3) is 5.56 Å². The van der Waals surface area contributed by atoms with Crippen LogP contribution in [0.2, 0.25) is 0 Å². The summed E-state index contributed by atoms with van der Waals surface area (Å²) in [6, 6.07) is 13.6. The molecule has 2 aromatic heterocycles. The zero-order valence-corrected chi connectivity index (χ0v) is 13.8. The number of hydrogen-bond donors (Lipinski definition) is 3. The second kappa shape index (κ2) is 6.89. The number of nitrogens with zero attached hydrogens (tertiary/aromatic N) is 2. The maximum Gasteiger partial charge on any atom is 0.272 e. The molecule has 0 amide bonds. The van der Waals surface area contributed by atoms with Crippen molar-refractivity contribution in [3.05, 3.63) is 82.2 Å². The molecule has 0 fully saturated rings. The third-order valence-electron chi connectivity index (χ3n) is 4.23. The first-order chi connectivity index (χ1) is 12.7. The molecule has 6 nitrogen and oxygen atoms in total. The minimum absolute atomic E-state index is 0.196. The Kier molecular flexibility index (Phi) is 4.28. The number of aromatic nitrogens is 4. The molecule has 0 saturated heterocycles. The first-order valence-corrected chi connectivity index (χ1v) is 8.17. The van der Waals surface area contributed by atoms with E-state index in [0.29, 0.717) is 18.5 Å². The van der Waals surface area contributed by atoms with Crippen LogP contribution in [0.15, 0.2) is 59.5 Å². The summed E-state index contributed by atoms with van der Waals surface area (Å²) in [5.74, 6) is -0.274. The number of benzene rings is 2. The molecule has 0 radical (unpaired) electrons. The summed E-state index contributed by atoms with van der Waals surface area (Å²) in [5, 5.41) is 18.5. The lowest BCUT2D eigenvalue weighted by molar-refractivity contribution is 0.628. The highest BCUT2D eigenvalue weighted by Gasteiger charge is 2.09. The topological polar surface area (TPSA) is 86.5 Å². The molecular formula is C19H16FN5O. The van der Waals surface area contributed by atoms with Gasteiger partial charge in [0.1, 0.15) is 5.82 Å². The molecule has 130 valence electrons. The number of rotatable bonds is 5. The average molecular weight is 349 g/mol. The van der Waals surface area contributed by atoms with Gasteiger partial charge >= 0.3 is 0 Å². The van der Waals surface area contributed by atoms with Crippen LogP contribution in [-0.4, -0.2) is 20.4 Å². The van der Waals surface area contributed by atoms with Crippen LogP contribution < -0.4 is 10.9 Å². The van der Waals surface area contributed by atoms with Crippen LogP contribution >= 0.6 is 0 Å². The fraction of sp³-hybridized carbons (Fsp3) is 0.105. The zero-order valence-electron chi connectivity index (χ0n) is 13.8. The Morgan fingerprint density at radius 2 is 1.73 bits per heavy atom. The van der Waals surface area contributed by atoms with E-state index in [1.807, 2.05) is 18.2 Å². The first kappa shape index (κ1) is 16.2. The Balaban J connectivity index is 1.52. The van der Waals surface area contributed by atoms with Gasteiger partial charge in [0.05, 0.1) is 23.0 Å². The summed E-state index contributed by atoms with van der Waals surface area (Å²) in [5.41, 5.74) is 3.25. The van der Waals surface area contributed by atoms with Gasteiger partial charge in [0.15, 0.2) is 0 Å². The highest BCUT2D eigenvalue weighted by atomic mass is 19.1. The third kappa shape index (κ3) is 3.12. The van der Waals surface area contributed by atoms with Crippen molar-refractivity contribution in [2.24, 2.45) is 0 Å². The fourth-order valence-corrected chi connectivity index (χ4v) is 2.93. The normalized spacial score (nSPS) is 11.1. The maximum absolute atomic E-state index is 13.1. The van der Waals surface area contributed by atoms with Crippen LogP contribution in [0.3, 0.4) is 0 Å². The summed E-state index contributed by atoms with van der Waals surface area (Å²) >= 11 is 0. The summed E-state index contributed by atoms with van der Waals surface area (Å²) in [6.07, 6.45) is 1.74. The van der Waals surface area contributed by atoms with Gasteiger partial charge in [-0.25, -0.2) is 9.49 Å². The molecule has 2 aromatic carbocycles. The highest BCUT2D eigenvalue weighted by Crippen LogP contribution is 2.21. The van der Waals surface area contributed by atoms with Gasteiger partial charge in [-0.2, -0.15) is 10.2 Å². The predicted molar refractivity (Wildman–Crippen MR) is 96.9 cm³/mol. The van der Waals surface area contributed by atoms with Gasteiger partial charge in [-0.05, 0) is 30.3 Å². The van der Waals surface area contributed by atoms with Crippen molar-refractivity contribution >= 4 is 10.8 Å². The molecule has 4 aromatic rings. The Morgan fingerprint density at radius 3 is 2.54 bits per heavy atom. The lowest BCUT2D eigenvalue weighted by Gasteiger charge is -2.07. The van der Waals surface area contributed by atoms with Crippen LogP contribution in [0.5, 0.6) is 0 Å². The summed E-state index contributed by atoms with van der Waals surface area (Å²) < 4.78 is 13.1. The first-order valence-electron chi connectivity index (χ1n) is 8.17. The van der Waals surface area contributed by atoms with Crippen molar-refractivity contribution in [2.45, 2.75) is 13.1 Å². The lowest BCUT2D eigenvalue weighted by Crippen LogP contribution is -2.18. The molecule has 3 N–H and O–H groups in total. The number of H-pyrrole nitrogens is 2. The van der Waals surface area contributed by atoms with E-state index in [4.69, 9.17) is 0 Å². The van der Waals surface area contributed by atoms with E-state index in [0.717, 1.165) is 27.9 Å². The fourth-order valence-electron chi connectivity index (χ4n) is 2.93. The standard InChI is InChI=1S/C19H16FN5O/c20-14-7-5-12(6-8-14)18-13(10-22-24-18)9-21-11-17-15-3-1-2-4-16(15)19(26)25-23-17/h1-8,10,21H,9,11H2,(H,22,24)(H,25,26). The third-order valence-corrected chi connectivity index (χ3v) is 4.23. The minimum Gasteiger partial charge on any atom is -0.307 e. The molecule has 0 aliphatic rings. The van der Waals surface area contributed by atoms with E-state index in [1.54, 1.807) is 24.4 Å². The molecule has 0 atom stereocenters. The van der Waals surface area contributed by atoms with Crippen LogP contribution in [0.1, 0.15) is 11.3 Å². The molecule has 4 rings (SSSR count). The van der Waals surface area contributed by atoms with Crippen LogP contribution in [0.4, 0.5) is 4.39 Å². The monoisotopic (exact) mass is 349 g/mol. The van der Waals surface area contributed by atoms with Crippen molar-refractivity contribution in [1.82, 2.24) is 25.7 Å². The molecular weight excluding hydrogens is 333 g/mol. The molecule has 7 heteroatoms. The van der Waals surface area contributed by atoms with E-state index >= 15 is 0 Å². The second-order valence-electron chi connectivity index (χ2n) is 5.93. The van der Waals surface area contributed by atoms with Gasteiger partial charge in [0, 0.05) is 29.6 Å². The van der Waals surface area contributed by atoms with Crippen molar-refractivity contribution in [3.8, 4) is 11.3 Å². The van der Waals surface area contributed by atoms with E-state index in [9.17, 15) is 9.18 Å². The Bertz CT molecular complexity index is 1100. The van der Waals surface area contributed by atoms with Crippen LogP contribution in [0, 0.1) is 5.82 Å². The quantitative estimate of drug-likeness (QED) is 0.517. The molecule has 0 unspecified atom stereocenters. The number of nitrogens with one attached hydrogen (secondary N) is 3. The van der Waals surface area contributed by atoms with E-state index in [1.165, 1.54) is 12.1 Å². The SMILES string of the molecule is O=c1[nH]nc(CNCc2cn[nH]c2-c2ccc(F)cc2)c2ccccc12. The largest absolute Gasteiger partial charge is 0.307 e. The van der Waals surface area contributed by atoms with Crippen LogP contribution in [0.25, 0.3) is 22.0 Å². The van der Waals surface area contributed by atoms with Gasteiger partial charge in [-0.3, -0.25) is 9.89 Å². The van der Waals surface area contributed by atoms with Crippen LogP contribution in [-0.2, 0) is 13.1 Å². The summed E-state index contributed by atoms with van der Waals surface area (Å²) in [4.78, 5) is 11.8. The highest BCUT2D eigenvalue weighted by molar-refractivity contribution is 5.83. The molecule has 2 heterocycles. The number of hydrogen-bond acceptors (Lipinski definition) is 4. The van der Waals surface area contributed by atoms with Crippen molar-refractivity contribution < 1.29 is 4.39 Å². The van der Waals surface area contributed by atoms with E-state index < -0.39 is 0 Å². The molecule has 0 bridgehead atoms. The molecule has 0 aliphatic carbocycles. The predicted octanol–water partition coefficient (Wildman–Crippen LogP) is 2.74. The number of fused-ring (bicyclic) bond motifs is 1. The summed E-state index contributed by atoms with van der Waals surface area (Å²) in [6.45, 7) is 1.05. The number of halogens is 1. The molecule has 26 heavy (non-hydrogen) atoms. The van der Waals surface area contributed by atoms with Crippen molar-refractivity contribution in [1.29, 1.82) is 0 Å². The van der Waals surface area contributed by atoms with Gasteiger partial charge < -0.3 is 5.32 Å². The van der Waals surface area contributed by atoms with Gasteiger partial charge in [-0.1, -0.05) is 18.2 Å². The molecule has 0 saturated carbocycles. The number of aromatic amines is 2. The van der Waals surface area contributed by atoms with Crippen molar-refractivity contribution in [3.63, 3.8) is 0 Å². The smallest absolute Gasteiger partial charge is 0.272 e. The maximum atomic E-state index is 13.1.